The fourth-order valence-corrected chi connectivity index (χ4v) is 4.56. The van der Waals surface area contributed by atoms with Gasteiger partial charge in [-0.1, -0.05) is 30.3 Å². The van der Waals surface area contributed by atoms with Gasteiger partial charge in [-0.3, -0.25) is 9.59 Å². The Balaban J connectivity index is 2.02. The van der Waals surface area contributed by atoms with Gasteiger partial charge in [0.15, 0.2) is 17.7 Å². The summed E-state index contributed by atoms with van der Waals surface area (Å²) in [6.07, 6.45) is -2.89. The first-order valence-corrected chi connectivity index (χ1v) is 13.5. The van der Waals surface area contributed by atoms with Crippen molar-refractivity contribution >= 4 is 11.9 Å². The molecule has 5 atom stereocenters. The Kier molecular flexibility index (Phi) is 9.86. The van der Waals surface area contributed by atoms with Crippen LogP contribution >= 0.6 is 0 Å². The number of hydrogen-bond acceptors (Lipinski definition) is 10. The Labute approximate surface area is 236 Å². The zero-order valence-electron chi connectivity index (χ0n) is 24.8. The average Bonchev–Trinajstić information content (AvgIpc) is 3.16. The SMILES string of the molecule is CC1(C)O[C@H]2[C@@H](OCc3ccccc3)[C@@H](CO)O[C@H](O)[C@@]2(/C(=C/COC(=O)C(C)(C)C)COC(=O)C(C)(C)C)O1. The molecule has 0 spiro atoms. The molecule has 10 heteroatoms. The lowest BCUT2D eigenvalue weighted by molar-refractivity contribution is -0.301. The quantitative estimate of drug-likeness (QED) is 0.340. The van der Waals surface area contributed by atoms with Crippen molar-refractivity contribution < 1.29 is 48.2 Å². The molecule has 0 unspecified atom stereocenters. The molecular formula is C30H44O10. The second-order valence-electron chi connectivity index (χ2n) is 12.7. The number of rotatable bonds is 9. The molecular weight excluding hydrogens is 520 g/mol. The van der Waals surface area contributed by atoms with E-state index >= 15 is 0 Å². The molecule has 40 heavy (non-hydrogen) atoms. The fraction of sp³-hybridized carbons (Fsp3) is 0.667. The molecule has 0 radical (unpaired) electrons. The molecule has 0 bridgehead atoms. The van der Waals surface area contributed by atoms with E-state index in [0.717, 1.165) is 5.56 Å². The van der Waals surface area contributed by atoms with Gasteiger partial charge in [-0.05, 0) is 67.0 Å². The highest BCUT2D eigenvalue weighted by Gasteiger charge is 2.67. The van der Waals surface area contributed by atoms with Crippen LogP contribution in [-0.4, -0.2) is 78.0 Å². The minimum absolute atomic E-state index is 0.178. The summed E-state index contributed by atoms with van der Waals surface area (Å²) in [4.78, 5) is 25.2. The van der Waals surface area contributed by atoms with Crippen LogP contribution in [0, 0.1) is 10.8 Å². The van der Waals surface area contributed by atoms with E-state index in [4.69, 9.17) is 28.4 Å². The number of esters is 2. The van der Waals surface area contributed by atoms with Crippen LogP contribution in [0.15, 0.2) is 42.0 Å². The van der Waals surface area contributed by atoms with E-state index in [1.54, 1.807) is 55.4 Å². The van der Waals surface area contributed by atoms with Crippen LogP contribution in [0.5, 0.6) is 0 Å². The molecule has 0 amide bonds. The third-order valence-electron chi connectivity index (χ3n) is 6.68. The van der Waals surface area contributed by atoms with Gasteiger partial charge in [0.05, 0.1) is 24.0 Å². The molecule has 224 valence electrons. The van der Waals surface area contributed by atoms with Crippen molar-refractivity contribution in [3.05, 3.63) is 47.5 Å². The van der Waals surface area contributed by atoms with Crippen LogP contribution in [0.4, 0.5) is 0 Å². The molecule has 2 fully saturated rings. The van der Waals surface area contributed by atoms with Gasteiger partial charge in [0.1, 0.15) is 31.5 Å². The van der Waals surface area contributed by atoms with E-state index < -0.39 is 65.4 Å². The summed E-state index contributed by atoms with van der Waals surface area (Å²) in [5, 5.41) is 21.6. The molecule has 0 aromatic heterocycles. The van der Waals surface area contributed by atoms with Gasteiger partial charge in [0.25, 0.3) is 0 Å². The zero-order valence-corrected chi connectivity index (χ0v) is 24.8. The van der Waals surface area contributed by atoms with Crippen molar-refractivity contribution in [2.45, 2.75) is 98.0 Å². The fourth-order valence-electron chi connectivity index (χ4n) is 4.56. The Hall–Kier alpha value is -2.34. The number of hydrogen-bond donors (Lipinski definition) is 2. The minimum atomic E-state index is -1.71. The lowest BCUT2D eigenvalue weighted by Gasteiger charge is -2.48. The van der Waals surface area contributed by atoms with Crippen LogP contribution in [0.1, 0.15) is 61.0 Å². The number of aliphatic hydroxyl groups is 2. The third kappa shape index (κ3) is 7.29. The lowest BCUT2D eigenvalue weighted by atomic mass is 9.80. The smallest absolute Gasteiger partial charge is 0.311 e. The van der Waals surface area contributed by atoms with Crippen LogP contribution in [-0.2, 0) is 44.6 Å². The molecule has 0 saturated carbocycles. The zero-order chi connectivity index (χ0) is 29.9. The summed E-state index contributed by atoms with van der Waals surface area (Å²) >= 11 is 0. The van der Waals surface area contributed by atoms with Gasteiger partial charge in [-0.25, -0.2) is 0 Å². The van der Waals surface area contributed by atoms with Gasteiger partial charge in [0, 0.05) is 5.57 Å². The highest BCUT2D eigenvalue weighted by Crippen LogP contribution is 2.49. The van der Waals surface area contributed by atoms with Crippen LogP contribution in [0.25, 0.3) is 0 Å². The van der Waals surface area contributed by atoms with E-state index in [-0.39, 0.29) is 25.4 Å². The normalized spacial score (nSPS) is 28.6. The van der Waals surface area contributed by atoms with E-state index in [2.05, 4.69) is 0 Å². The topological polar surface area (TPSA) is 130 Å². The molecule has 10 nitrogen and oxygen atoms in total. The van der Waals surface area contributed by atoms with Gasteiger partial charge in [-0.15, -0.1) is 0 Å². The van der Waals surface area contributed by atoms with Gasteiger partial charge < -0.3 is 38.6 Å². The minimum Gasteiger partial charge on any atom is -0.461 e. The summed E-state index contributed by atoms with van der Waals surface area (Å²) < 4.78 is 35.9. The molecule has 0 aliphatic carbocycles. The summed E-state index contributed by atoms with van der Waals surface area (Å²) in [6.45, 7) is 13.0. The molecule has 2 N–H and O–H groups in total. The van der Waals surface area contributed by atoms with Crippen molar-refractivity contribution in [2.24, 2.45) is 10.8 Å². The standard InChI is InChI=1S/C30H44O10/c1-27(2,3)24(32)35-15-14-20(18-37-25(33)28(4,5)6)30-23(39-29(7,8)40-30)22(21(16-31)38-26(30)34)36-17-19-12-10-9-11-13-19/h9-14,21-23,26,31,34H,15-18H2,1-8H3/b20-14+/t21-,22+,23+,26+,30+/m1/s1. The van der Waals surface area contributed by atoms with Crippen molar-refractivity contribution in [1.82, 2.24) is 0 Å². The lowest BCUT2D eigenvalue weighted by Crippen LogP contribution is -2.67. The number of carbonyl (C=O) groups excluding carboxylic acids is 2. The molecule has 2 aliphatic heterocycles. The Bertz CT molecular complexity index is 1050. The first kappa shape index (κ1) is 32.2. The largest absolute Gasteiger partial charge is 0.461 e. The number of aliphatic hydroxyl groups excluding tert-OH is 2. The highest BCUT2D eigenvalue weighted by molar-refractivity contribution is 5.76. The molecule has 2 aliphatic rings. The van der Waals surface area contributed by atoms with Crippen LogP contribution < -0.4 is 0 Å². The summed E-state index contributed by atoms with van der Waals surface area (Å²) in [6, 6.07) is 9.46. The maximum absolute atomic E-state index is 12.7. The predicted molar refractivity (Wildman–Crippen MR) is 145 cm³/mol. The molecule has 2 heterocycles. The van der Waals surface area contributed by atoms with Crippen molar-refractivity contribution in [1.29, 1.82) is 0 Å². The number of benzene rings is 1. The third-order valence-corrected chi connectivity index (χ3v) is 6.68. The summed E-state index contributed by atoms with van der Waals surface area (Å²) in [5.74, 6) is -2.13. The first-order valence-electron chi connectivity index (χ1n) is 13.5. The van der Waals surface area contributed by atoms with E-state index in [9.17, 15) is 19.8 Å². The second kappa shape index (κ2) is 12.3. The van der Waals surface area contributed by atoms with Crippen molar-refractivity contribution in [2.75, 3.05) is 19.8 Å². The Morgan fingerprint density at radius 2 is 1.60 bits per heavy atom. The molecule has 1 aromatic rings. The van der Waals surface area contributed by atoms with E-state index in [0.29, 0.717) is 0 Å². The Morgan fingerprint density at radius 1 is 1.00 bits per heavy atom. The van der Waals surface area contributed by atoms with Gasteiger partial charge >= 0.3 is 11.9 Å². The number of ether oxygens (including phenoxy) is 6. The van der Waals surface area contributed by atoms with Crippen molar-refractivity contribution in [3.63, 3.8) is 0 Å². The van der Waals surface area contributed by atoms with E-state index in [1.165, 1.54) is 6.08 Å². The van der Waals surface area contributed by atoms with Crippen LogP contribution in [0.2, 0.25) is 0 Å². The monoisotopic (exact) mass is 564 g/mol. The highest BCUT2D eigenvalue weighted by atomic mass is 16.8. The molecule has 2 saturated heterocycles. The van der Waals surface area contributed by atoms with E-state index in [1.807, 2.05) is 30.3 Å². The second-order valence-corrected chi connectivity index (χ2v) is 12.7. The maximum Gasteiger partial charge on any atom is 0.311 e. The molecule has 3 rings (SSSR count). The maximum atomic E-state index is 12.7. The van der Waals surface area contributed by atoms with Gasteiger partial charge in [-0.2, -0.15) is 0 Å². The summed E-state index contributed by atoms with van der Waals surface area (Å²) in [7, 11) is 0. The molecule has 1 aromatic carbocycles. The predicted octanol–water partition coefficient (Wildman–Crippen LogP) is 3.28. The summed E-state index contributed by atoms with van der Waals surface area (Å²) in [5.41, 5.74) is -2.07. The van der Waals surface area contributed by atoms with Crippen molar-refractivity contribution in [3.8, 4) is 0 Å². The van der Waals surface area contributed by atoms with Gasteiger partial charge in [0.2, 0.25) is 0 Å². The first-order chi connectivity index (χ1) is 18.5. The Morgan fingerprint density at radius 3 is 2.17 bits per heavy atom. The number of fused-ring (bicyclic) bond motifs is 1. The number of carbonyl (C=O) groups is 2. The van der Waals surface area contributed by atoms with Crippen LogP contribution in [0.3, 0.4) is 0 Å². The average molecular weight is 565 g/mol.